The van der Waals surface area contributed by atoms with E-state index in [4.69, 9.17) is 4.74 Å². The molecule has 0 atom stereocenters. The van der Waals surface area contributed by atoms with Gasteiger partial charge < -0.3 is 10.1 Å². The molecule has 1 N–H and O–H groups in total. The van der Waals surface area contributed by atoms with Gasteiger partial charge in [0.2, 0.25) is 0 Å². The molecule has 0 radical (unpaired) electrons. The molecule has 3 heteroatoms. The maximum Gasteiger partial charge on any atom is 0.145 e. The van der Waals surface area contributed by atoms with Crippen molar-refractivity contribution in [1.29, 1.82) is 0 Å². The molecule has 2 rings (SSSR count). The number of aromatic nitrogens is 1. The van der Waals surface area contributed by atoms with Crippen LogP contribution in [0.3, 0.4) is 0 Å². The molecule has 0 aliphatic heterocycles. The van der Waals surface area contributed by atoms with E-state index in [9.17, 15) is 0 Å². The number of pyridine rings is 1. The number of nitrogens with one attached hydrogen (secondary N) is 1. The molecule has 1 aromatic carbocycles. The Morgan fingerprint density at radius 3 is 2.83 bits per heavy atom. The highest BCUT2D eigenvalue weighted by molar-refractivity contribution is 5.70. The van der Waals surface area contributed by atoms with Crippen molar-refractivity contribution in [3.8, 4) is 17.0 Å². The number of aryl methyl sites for hydroxylation is 1. The maximum atomic E-state index is 5.38. The van der Waals surface area contributed by atoms with Crippen LogP contribution in [0.5, 0.6) is 5.75 Å². The largest absolute Gasteiger partial charge is 0.494 e. The molecular formula is C15H18N2O. The van der Waals surface area contributed by atoms with Crippen LogP contribution >= 0.6 is 0 Å². The lowest BCUT2D eigenvalue weighted by molar-refractivity contribution is 0.415. The Morgan fingerprint density at radius 2 is 2.11 bits per heavy atom. The number of rotatable bonds is 4. The van der Waals surface area contributed by atoms with Crippen molar-refractivity contribution in [2.75, 3.05) is 14.2 Å². The summed E-state index contributed by atoms with van der Waals surface area (Å²) in [6, 6.07) is 10.2. The molecular weight excluding hydrogens is 224 g/mol. The van der Waals surface area contributed by atoms with Gasteiger partial charge in [0, 0.05) is 18.3 Å². The van der Waals surface area contributed by atoms with Gasteiger partial charge in [-0.2, -0.15) is 0 Å². The Hall–Kier alpha value is -1.87. The minimum atomic E-state index is 0.808. The standard InChI is InChI=1S/C15H18N2O/c1-11-6-7-12(10-16-2)9-13(11)15-14(18-3)5-4-8-17-15/h4-9,16H,10H2,1-3H3. The minimum absolute atomic E-state index is 0.808. The lowest BCUT2D eigenvalue weighted by atomic mass is 10.0. The predicted octanol–water partition coefficient (Wildman–Crippen LogP) is 2.79. The molecule has 0 unspecified atom stereocenters. The number of nitrogens with zero attached hydrogens (tertiary/aromatic N) is 1. The quantitative estimate of drug-likeness (QED) is 0.895. The SMILES string of the molecule is CNCc1ccc(C)c(-c2ncccc2OC)c1. The minimum Gasteiger partial charge on any atom is -0.494 e. The summed E-state index contributed by atoms with van der Waals surface area (Å²) < 4.78 is 5.38. The third kappa shape index (κ3) is 2.51. The van der Waals surface area contributed by atoms with Crippen LogP contribution in [0.2, 0.25) is 0 Å². The Balaban J connectivity index is 2.51. The molecule has 0 bridgehead atoms. The number of benzene rings is 1. The van der Waals surface area contributed by atoms with Crippen LogP contribution in [0.4, 0.5) is 0 Å². The third-order valence-electron chi connectivity index (χ3n) is 2.93. The van der Waals surface area contributed by atoms with Crippen molar-refractivity contribution >= 4 is 0 Å². The first-order valence-corrected chi connectivity index (χ1v) is 5.99. The topological polar surface area (TPSA) is 34.2 Å². The van der Waals surface area contributed by atoms with Gasteiger partial charge in [0.05, 0.1) is 7.11 Å². The highest BCUT2D eigenvalue weighted by Crippen LogP contribution is 2.30. The van der Waals surface area contributed by atoms with Gasteiger partial charge >= 0.3 is 0 Å². The van der Waals surface area contributed by atoms with Crippen molar-refractivity contribution in [1.82, 2.24) is 10.3 Å². The molecule has 1 heterocycles. The van der Waals surface area contributed by atoms with E-state index in [1.807, 2.05) is 19.2 Å². The molecule has 0 aliphatic carbocycles. The summed E-state index contributed by atoms with van der Waals surface area (Å²) in [5.74, 6) is 0.808. The highest BCUT2D eigenvalue weighted by Gasteiger charge is 2.09. The van der Waals surface area contributed by atoms with Crippen LogP contribution in [0.15, 0.2) is 36.5 Å². The zero-order chi connectivity index (χ0) is 13.0. The molecule has 0 aliphatic rings. The van der Waals surface area contributed by atoms with E-state index in [-0.39, 0.29) is 0 Å². The van der Waals surface area contributed by atoms with Crippen molar-refractivity contribution in [2.45, 2.75) is 13.5 Å². The van der Waals surface area contributed by atoms with Crippen LogP contribution in [0, 0.1) is 6.92 Å². The molecule has 18 heavy (non-hydrogen) atoms. The van der Waals surface area contributed by atoms with Gasteiger partial charge in [0.25, 0.3) is 0 Å². The van der Waals surface area contributed by atoms with E-state index in [1.54, 1.807) is 13.3 Å². The van der Waals surface area contributed by atoms with Gasteiger partial charge in [0.1, 0.15) is 11.4 Å². The second-order valence-corrected chi connectivity index (χ2v) is 4.23. The molecule has 0 saturated heterocycles. The first-order valence-electron chi connectivity index (χ1n) is 5.99. The maximum absolute atomic E-state index is 5.38. The van der Waals surface area contributed by atoms with Crippen LogP contribution in [-0.2, 0) is 6.54 Å². The molecule has 0 amide bonds. The van der Waals surface area contributed by atoms with Gasteiger partial charge in [-0.25, -0.2) is 0 Å². The van der Waals surface area contributed by atoms with Crippen molar-refractivity contribution in [3.05, 3.63) is 47.7 Å². The second-order valence-electron chi connectivity index (χ2n) is 4.23. The first kappa shape index (κ1) is 12.6. The summed E-state index contributed by atoms with van der Waals surface area (Å²) in [5.41, 5.74) is 4.47. The smallest absolute Gasteiger partial charge is 0.145 e. The van der Waals surface area contributed by atoms with Gasteiger partial charge in [0.15, 0.2) is 0 Å². The van der Waals surface area contributed by atoms with Gasteiger partial charge in [-0.05, 0) is 43.3 Å². The van der Waals surface area contributed by atoms with E-state index in [2.05, 4.69) is 35.4 Å². The number of hydrogen-bond donors (Lipinski definition) is 1. The third-order valence-corrected chi connectivity index (χ3v) is 2.93. The lowest BCUT2D eigenvalue weighted by Crippen LogP contribution is -2.05. The summed E-state index contributed by atoms with van der Waals surface area (Å²) in [6.45, 7) is 2.94. The molecule has 0 fully saturated rings. The average molecular weight is 242 g/mol. The van der Waals surface area contributed by atoms with E-state index in [0.29, 0.717) is 0 Å². The normalized spacial score (nSPS) is 10.4. The van der Waals surface area contributed by atoms with E-state index >= 15 is 0 Å². The van der Waals surface area contributed by atoms with Gasteiger partial charge in [-0.15, -0.1) is 0 Å². The summed E-state index contributed by atoms with van der Waals surface area (Å²) in [6.07, 6.45) is 1.79. The van der Waals surface area contributed by atoms with Crippen LogP contribution in [0.25, 0.3) is 11.3 Å². The van der Waals surface area contributed by atoms with Crippen LogP contribution < -0.4 is 10.1 Å². The Morgan fingerprint density at radius 1 is 1.28 bits per heavy atom. The van der Waals surface area contributed by atoms with E-state index in [0.717, 1.165) is 23.6 Å². The molecule has 3 nitrogen and oxygen atoms in total. The zero-order valence-electron chi connectivity index (χ0n) is 11.0. The fourth-order valence-electron chi connectivity index (χ4n) is 2.00. The Bertz CT molecular complexity index is 538. The highest BCUT2D eigenvalue weighted by atomic mass is 16.5. The van der Waals surface area contributed by atoms with Crippen molar-refractivity contribution < 1.29 is 4.74 Å². The fourth-order valence-corrected chi connectivity index (χ4v) is 2.00. The molecule has 2 aromatic rings. The van der Waals surface area contributed by atoms with Crippen LogP contribution in [0.1, 0.15) is 11.1 Å². The van der Waals surface area contributed by atoms with Gasteiger partial charge in [-0.1, -0.05) is 12.1 Å². The van der Waals surface area contributed by atoms with E-state index in [1.165, 1.54) is 11.1 Å². The van der Waals surface area contributed by atoms with Crippen molar-refractivity contribution in [3.63, 3.8) is 0 Å². The summed E-state index contributed by atoms with van der Waals surface area (Å²) >= 11 is 0. The molecule has 94 valence electrons. The van der Waals surface area contributed by atoms with E-state index < -0.39 is 0 Å². The number of methoxy groups -OCH3 is 1. The number of ether oxygens (including phenoxy) is 1. The second kappa shape index (κ2) is 5.65. The van der Waals surface area contributed by atoms with Gasteiger partial charge in [-0.3, -0.25) is 4.98 Å². The lowest BCUT2D eigenvalue weighted by Gasteiger charge is -2.11. The number of hydrogen-bond acceptors (Lipinski definition) is 3. The van der Waals surface area contributed by atoms with Crippen LogP contribution in [-0.4, -0.2) is 19.1 Å². The molecule has 1 aromatic heterocycles. The average Bonchev–Trinajstić information content (AvgIpc) is 2.41. The van der Waals surface area contributed by atoms with Crippen molar-refractivity contribution in [2.24, 2.45) is 0 Å². The Labute approximate surface area is 108 Å². The fraction of sp³-hybridized carbons (Fsp3) is 0.267. The predicted molar refractivity (Wildman–Crippen MR) is 73.7 cm³/mol. The Kier molecular flexibility index (Phi) is 3.95. The zero-order valence-corrected chi connectivity index (χ0v) is 11.0. The summed E-state index contributed by atoms with van der Waals surface area (Å²) in [4.78, 5) is 4.44. The monoisotopic (exact) mass is 242 g/mol. The summed E-state index contributed by atoms with van der Waals surface area (Å²) in [5, 5.41) is 3.16. The molecule has 0 saturated carbocycles. The first-order chi connectivity index (χ1) is 8.76. The summed E-state index contributed by atoms with van der Waals surface area (Å²) in [7, 11) is 3.62. The molecule has 0 spiro atoms.